The summed E-state index contributed by atoms with van der Waals surface area (Å²) in [4.78, 5) is 0. The highest BCUT2D eigenvalue weighted by Gasteiger charge is 2.12. The van der Waals surface area contributed by atoms with E-state index in [1.54, 1.807) is 0 Å². The van der Waals surface area contributed by atoms with E-state index in [4.69, 9.17) is 10.5 Å². The maximum Gasteiger partial charge on any atom is 0.0874 e. The average Bonchev–Trinajstić information content (AvgIpc) is 1.90. The average molecular weight is 128 g/mol. The number of ether oxygens (including phenoxy) is 1. The first-order valence-electron chi connectivity index (χ1n) is 3.06. The smallest absolute Gasteiger partial charge is 0.0874 e. The molecule has 0 unspecified atom stereocenters. The lowest BCUT2D eigenvalue weighted by atomic mass is 10.3. The van der Waals surface area contributed by atoms with Crippen molar-refractivity contribution in [2.24, 2.45) is 5.73 Å². The Bertz CT molecular complexity index is 104. The van der Waals surface area contributed by atoms with Crippen LogP contribution in [0, 0.1) is 0 Å². The van der Waals surface area contributed by atoms with Crippen LogP contribution in [0.5, 0.6) is 0 Å². The van der Waals surface area contributed by atoms with E-state index in [0.717, 1.165) is 12.2 Å². The molecule has 0 bridgehead atoms. The van der Waals surface area contributed by atoms with Gasteiger partial charge in [0.15, 0.2) is 0 Å². The fraction of sp³-hybridized carbons (Fsp3) is 0.667. The second kappa shape index (κ2) is 2.85. The van der Waals surface area contributed by atoms with Gasteiger partial charge < -0.3 is 15.8 Å². The molecule has 3 nitrogen and oxygen atoms in total. The molecule has 9 heavy (non-hydrogen) atoms. The molecule has 1 rings (SSSR count). The van der Waals surface area contributed by atoms with Crippen molar-refractivity contribution in [3.63, 3.8) is 0 Å². The molecular formula is C6H12N2O. The van der Waals surface area contributed by atoms with E-state index in [-0.39, 0.29) is 6.10 Å². The number of nitrogens with one attached hydrogen (secondary N) is 1. The fourth-order valence-corrected chi connectivity index (χ4v) is 0.738. The van der Waals surface area contributed by atoms with Gasteiger partial charge in [-0.25, -0.2) is 0 Å². The second-order valence-electron chi connectivity index (χ2n) is 2.15. The lowest BCUT2D eigenvalue weighted by Crippen LogP contribution is -2.40. The zero-order valence-electron chi connectivity index (χ0n) is 5.39. The standard InChI is InChI=1S/C6H12N2O/c1-5-4-9-6(2-7)3-8-5/h6,8H,1-4,7H2/t6-/m0/s1. The first-order chi connectivity index (χ1) is 4.33. The van der Waals surface area contributed by atoms with Gasteiger partial charge in [-0.05, 0) is 0 Å². The molecule has 1 fully saturated rings. The predicted octanol–water partition coefficient (Wildman–Crippen LogP) is -0.553. The van der Waals surface area contributed by atoms with E-state index in [2.05, 4.69) is 11.9 Å². The predicted molar refractivity (Wildman–Crippen MR) is 35.9 cm³/mol. The van der Waals surface area contributed by atoms with Gasteiger partial charge in [-0.1, -0.05) is 6.58 Å². The van der Waals surface area contributed by atoms with E-state index in [1.807, 2.05) is 0 Å². The van der Waals surface area contributed by atoms with Crippen LogP contribution >= 0.6 is 0 Å². The Kier molecular flexibility index (Phi) is 2.08. The first-order valence-corrected chi connectivity index (χ1v) is 3.06. The molecule has 0 aliphatic carbocycles. The summed E-state index contributed by atoms with van der Waals surface area (Å²) >= 11 is 0. The lowest BCUT2D eigenvalue weighted by molar-refractivity contribution is 0.0535. The summed E-state index contributed by atoms with van der Waals surface area (Å²) in [6.45, 7) is 5.69. The van der Waals surface area contributed by atoms with Crippen LogP contribution in [0.3, 0.4) is 0 Å². The SMILES string of the molecule is C=C1CO[C@@H](CN)CN1. The molecule has 0 aromatic heterocycles. The summed E-state index contributed by atoms with van der Waals surface area (Å²) in [5.74, 6) is 0. The third-order valence-corrected chi connectivity index (χ3v) is 1.34. The molecule has 0 aromatic carbocycles. The number of nitrogens with two attached hydrogens (primary N) is 1. The molecule has 0 radical (unpaired) electrons. The Labute approximate surface area is 54.9 Å². The number of rotatable bonds is 1. The summed E-state index contributed by atoms with van der Waals surface area (Å²) in [5.41, 5.74) is 6.30. The van der Waals surface area contributed by atoms with E-state index < -0.39 is 0 Å². The number of hydrogen-bond donors (Lipinski definition) is 2. The number of morpholine rings is 1. The highest BCUT2D eigenvalue weighted by molar-refractivity contribution is 4.95. The van der Waals surface area contributed by atoms with E-state index in [0.29, 0.717) is 13.2 Å². The summed E-state index contributed by atoms with van der Waals surface area (Å²) in [6.07, 6.45) is 0.176. The third kappa shape index (κ3) is 1.69. The quantitative estimate of drug-likeness (QED) is 0.498. The maximum atomic E-state index is 5.35. The maximum absolute atomic E-state index is 5.35. The molecule has 0 amide bonds. The third-order valence-electron chi connectivity index (χ3n) is 1.34. The molecule has 3 heteroatoms. The van der Waals surface area contributed by atoms with Gasteiger partial charge >= 0.3 is 0 Å². The summed E-state index contributed by atoms with van der Waals surface area (Å²) in [6, 6.07) is 0. The van der Waals surface area contributed by atoms with Gasteiger partial charge in [-0.2, -0.15) is 0 Å². The molecule has 1 atom stereocenters. The van der Waals surface area contributed by atoms with Crippen molar-refractivity contribution in [2.45, 2.75) is 6.10 Å². The zero-order chi connectivity index (χ0) is 6.69. The van der Waals surface area contributed by atoms with Gasteiger partial charge in [0.1, 0.15) is 0 Å². The fourth-order valence-electron chi connectivity index (χ4n) is 0.738. The Hall–Kier alpha value is -0.540. The highest BCUT2D eigenvalue weighted by atomic mass is 16.5. The molecule has 3 N–H and O–H groups in total. The monoisotopic (exact) mass is 128 g/mol. The van der Waals surface area contributed by atoms with Crippen molar-refractivity contribution in [3.8, 4) is 0 Å². The van der Waals surface area contributed by atoms with Crippen LogP contribution in [0.2, 0.25) is 0 Å². The van der Waals surface area contributed by atoms with Crippen molar-refractivity contribution < 1.29 is 4.74 Å². The summed E-state index contributed by atoms with van der Waals surface area (Å²) in [7, 11) is 0. The zero-order valence-corrected chi connectivity index (χ0v) is 5.39. The van der Waals surface area contributed by atoms with Crippen molar-refractivity contribution >= 4 is 0 Å². The first kappa shape index (κ1) is 6.58. The van der Waals surface area contributed by atoms with Crippen molar-refractivity contribution in [2.75, 3.05) is 19.7 Å². The minimum atomic E-state index is 0.176. The summed E-state index contributed by atoms with van der Waals surface area (Å²) < 4.78 is 5.25. The number of hydrogen-bond acceptors (Lipinski definition) is 3. The van der Waals surface area contributed by atoms with Gasteiger partial charge in [0.05, 0.1) is 12.7 Å². The molecule has 52 valence electrons. The van der Waals surface area contributed by atoms with Gasteiger partial charge in [0.2, 0.25) is 0 Å². The molecular weight excluding hydrogens is 116 g/mol. The van der Waals surface area contributed by atoms with E-state index >= 15 is 0 Å². The van der Waals surface area contributed by atoms with Crippen molar-refractivity contribution in [1.29, 1.82) is 0 Å². The Balaban J connectivity index is 2.26. The Morgan fingerprint density at radius 1 is 1.89 bits per heavy atom. The van der Waals surface area contributed by atoms with Crippen LogP contribution in [0.15, 0.2) is 12.3 Å². The molecule has 1 aliphatic heterocycles. The molecule has 1 aliphatic rings. The lowest BCUT2D eigenvalue weighted by Gasteiger charge is -2.24. The van der Waals surface area contributed by atoms with Crippen LogP contribution in [-0.4, -0.2) is 25.8 Å². The Morgan fingerprint density at radius 3 is 3.11 bits per heavy atom. The van der Waals surface area contributed by atoms with Crippen molar-refractivity contribution in [1.82, 2.24) is 5.32 Å². The molecule has 0 aromatic rings. The topological polar surface area (TPSA) is 47.3 Å². The van der Waals surface area contributed by atoms with Crippen LogP contribution in [-0.2, 0) is 4.74 Å². The highest BCUT2D eigenvalue weighted by Crippen LogP contribution is 1.99. The van der Waals surface area contributed by atoms with Crippen LogP contribution in [0.1, 0.15) is 0 Å². The van der Waals surface area contributed by atoms with Crippen LogP contribution in [0.4, 0.5) is 0 Å². The largest absolute Gasteiger partial charge is 0.384 e. The molecule has 1 saturated heterocycles. The second-order valence-corrected chi connectivity index (χ2v) is 2.15. The van der Waals surface area contributed by atoms with Gasteiger partial charge in [-0.3, -0.25) is 0 Å². The minimum Gasteiger partial charge on any atom is -0.384 e. The van der Waals surface area contributed by atoms with Crippen LogP contribution < -0.4 is 11.1 Å². The Morgan fingerprint density at radius 2 is 2.67 bits per heavy atom. The molecule has 1 heterocycles. The summed E-state index contributed by atoms with van der Waals surface area (Å²) in [5, 5.41) is 3.08. The van der Waals surface area contributed by atoms with Crippen molar-refractivity contribution in [3.05, 3.63) is 12.3 Å². The molecule has 0 spiro atoms. The van der Waals surface area contributed by atoms with E-state index in [9.17, 15) is 0 Å². The molecule has 0 saturated carbocycles. The minimum absolute atomic E-state index is 0.176. The van der Waals surface area contributed by atoms with E-state index in [1.165, 1.54) is 0 Å². The van der Waals surface area contributed by atoms with Gasteiger partial charge in [0.25, 0.3) is 0 Å². The van der Waals surface area contributed by atoms with Gasteiger partial charge in [-0.15, -0.1) is 0 Å². The van der Waals surface area contributed by atoms with Gasteiger partial charge in [0, 0.05) is 18.8 Å². The normalized spacial score (nSPS) is 27.7. The van der Waals surface area contributed by atoms with Crippen LogP contribution in [0.25, 0.3) is 0 Å².